The average molecular weight is 1100 g/mol. The molecule has 2 amide bonds. The molecule has 80 heavy (non-hydrogen) atoms. The second kappa shape index (κ2) is 25.9. The molecular formula is C67H84BFN7O3P. The van der Waals surface area contributed by atoms with Crippen LogP contribution in [-0.4, -0.2) is 63.1 Å². The largest absolute Gasteiger partial charge is 0.455 e. The van der Waals surface area contributed by atoms with Gasteiger partial charge in [-0.15, -0.1) is 9.24 Å². The van der Waals surface area contributed by atoms with E-state index in [0.717, 1.165) is 153 Å². The number of allylic oxidation sites excluding steroid dienone is 1. The van der Waals surface area contributed by atoms with Gasteiger partial charge in [0.05, 0.1) is 0 Å². The fourth-order valence-corrected chi connectivity index (χ4v) is 12.4. The second-order valence-electron chi connectivity index (χ2n) is 22.9. The first-order chi connectivity index (χ1) is 38.6. The summed E-state index contributed by atoms with van der Waals surface area (Å²) in [4.78, 5) is 30.7. The highest BCUT2D eigenvalue weighted by Gasteiger charge is 2.56. The quantitative estimate of drug-likeness (QED) is 0.0269. The lowest BCUT2D eigenvalue weighted by molar-refractivity contribution is -0.120. The van der Waals surface area contributed by atoms with Crippen molar-refractivity contribution in [3.8, 4) is 11.5 Å². The number of rotatable bonds is 27. The predicted octanol–water partition coefficient (Wildman–Crippen LogP) is 12.6. The minimum absolute atomic E-state index is 0.0792. The van der Waals surface area contributed by atoms with Crippen molar-refractivity contribution in [2.75, 3.05) is 43.4 Å². The minimum atomic E-state index is -1.73. The molecular weight excluding hydrogens is 1010 g/mol. The molecule has 2 unspecified atom stereocenters. The highest BCUT2D eigenvalue weighted by Crippen LogP contribution is 2.52. The number of hydrogen-bond donors (Lipinski definition) is 3. The van der Waals surface area contributed by atoms with E-state index in [-0.39, 0.29) is 11.8 Å². The van der Waals surface area contributed by atoms with Crippen molar-refractivity contribution in [3.05, 3.63) is 169 Å². The third-order valence-electron chi connectivity index (χ3n) is 16.8. The van der Waals surface area contributed by atoms with Crippen molar-refractivity contribution in [1.82, 2.24) is 15.5 Å². The Morgan fingerprint density at radius 2 is 1.56 bits per heavy atom. The highest BCUT2D eigenvalue weighted by molar-refractivity contribution is 7.22. The number of ether oxygens (including phenoxy) is 1. The summed E-state index contributed by atoms with van der Waals surface area (Å²) in [5.74, 6) is 1.96. The first-order valence-corrected chi connectivity index (χ1v) is 30.3. The third-order valence-corrected chi connectivity index (χ3v) is 17.2. The van der Waals surface area contributed by atoms with Crippen LogP contribution in [0.2, 0.25) is 0 Å². The number of halogens is 1. The number of nitrogens with one attached hydrogen (secondary N) is 3. The summed E-state index contributed by atoms with van der Waals surface area (Å²) in [6.45, 7) is 23.8. The van der Waals surface area contributed by atoms with Crippen LogP contribution in [0, 0.1) is 6.92 Å². The molecule has 4 aliphatic heterocycles. The van der Waals surface area contributed by atoms with E-state index in [2.05, 4.69) is 105 Å². The fourth-order valence-electron chi connectivity index (χ4n) is 12.1. The van der Waals surface area contributed by atoms with Crippen LogP contribution in [0.5, 0.6) is 11.5 Å². The van der Waals surface area contributed by atoms with Crippen LogP contribution in [0.15, 0.2) is 108 Å². The summed E-state index contributed by atoms with van der Waals surface area (Å²) in [7, 11) is 5.36. The van der Waals surface area contributed by atoms with Crippen molar-refractivity contribution < 1.29 is 18.7 Å². The topological polar surface area (TPSA) is 111 Å². The van der Waals surface area contributed by atoms with E-state index in [1.807, 2.05) is 53.4 Å². The lowest BCUT2D eigenvalue weighted by atomic mass is 9.82. The molecule has 0 fully saturated rings. The molecule has 9 rings (SSSR count). The van der Waals surface area contributed by atoms with E-state index < -0.39 is 11.0 Å². The summed E-state index contributed by atoms with van der Waals surface area (Å²) in [5, 5.41) is 18.5. The molecule has 420 valence electrons. The second-order valence-corrected chi connectivity index (χ2v) is 24.0. The zero-order chi connectivity index (χ0) is 56.6. The van der Waals surface area contributed by atoms with Crippen LogP contribution in [0.4, 0.5) is 15.8 Å². The van der Waals surface area contributed by atoms with Crippen molar-refractivity contribution in [1.29, 1.82) is 0 Å². The maximum atomic E-state index is 15.2. The SMILES string of the molecule is BC(F)(P)C1(c2ccc(CN(CCNC(=C)c3ccc(C)c(C4=c5cc(CCCCC)c(=C)c(CCCC)c5Oc5c4cc4c6c5CCCN6CCCC4)c3)C(=O)c3ccc(NC(=C)CCCCCCC(=O)NC)cc3)cc2)N=N1. The molecule has 5 aromatic carbocycles. The molecule has 0 saturated heterocycles. The van der Waals surface area contributed by atoms with Crippen molar-refractivity contribution in [2.24, 2.45) is 10.2 Å². The predicted molar refractivity (Wildman–Crippen MR) is 334 cm³/mol. The van der Waals surface area contributed by atoms with Crippen LogP contribution in [0.25, 0.3) is 17.8 Å². The van der Waals surface area contributed by atoms with Gasteiger partial charge in [0.2, 0.25) is 11.6 Å². The Balaban J connectivity index is 0.993. The van der Waals surface area contributed by atoms with E-state index in [1.54, 1.807) is 7.05 Å². The Hall–Kier alpha value is -6.52. The number of hydrogen-bond acceptors (Lipinski definition) is 8. The number of amides is 2. The Morgan fingerprint density at radius 3 is 2.27 bits per heavy atom. The molecule has 0 radical (unpaired) electrons. The zero-order valence-corrected chi connectivity index (χ0v) is 49.5. The maximum Gasteiger partial charge on any atom is 0.254 e. The van der Waals surface area contributed by atoms with Crippen molar-refractivity contribution in [2.45, 2.75) is 154 Å². The van der Waals surface area contributed by atoms with Crippen LogP contribution in [0.1, 0.15) is 170 Å². The summed E-state index contributed by atoms with van der Waals surface area (Å²) < 4.78 is 22.7. The van der Waals surface area contributed by atoms with Gasteiger partial charge in [-0.2, -0.15) is 10.2 Å². The number of aryl methyl sites for hydroxylation is 3. The van der Waals surface area contributed by atoms with E-state index >= 15 is 4.39 Å². The first-order valence-electron chi connectivity index (χ1n) is 29.7. The third kappa shape index (κ3) is 13.0. The van der Waals surface area contributed by atoms with E-state index in [4.69, 9.17) is 11.3 Å². The van der Waals surface area contributed by atoms with Gasteiger partial charge >= 0.3 is 0 Å². The smallest absolute Gasteiger partial charge is 0.254 e. The number of carbonyl (C=O) groups is 2. The van der Waals surface area contributed by atoms with Crippen LogP contribution < -0.4 is 36.0 Å². The molecule has 4 heterocycles. The van der Waals surface area contributed by atoms with Gasteiger partial charge in [0.15, 0.2) is 7.85 Å². The molecule has 0 aromatic heterocycles. The van der Waals surface area contributed by atoms with E-state index in [1.165, 1.54) is 77.3 Å². The Morgan fingerprint density at radius 1 is 0.838 bits per heavy atom. The van der Waals surface area contributed by atoms with Gasteiger partial charge in [-0.25, -0.2) is 4.39 Å². The molecule has 13 heteroatoms. The van der Waals surface area contributed by atoms with Gasteiger partial charge in [0.1, 0.15) is 16.8 Å². The molecule has 5 aromatic rings. The lowest BCUT2D eigenvalue weighted by Crippen LogP contribution is -2.36. The summed E-state index contributed by atoms with van der Waals surface area (Å²) >= 11 is 0. The van der Waals surface area contributed by atoms with Crippen LogP contribution in [0.3, 0.4) is 0 Å². The monoisotopic (exact) mass is 1100 g/mol. The average Bonchev–Trinajstić information content (AvgIpc) is 4.36. The molecule has 0 saturated carbocycles. The van der Waals surface area contributed by atoms with Crippen molar-refractivity contribution >= 4 is 58.1 Å². The number of unbranched alkanes of at least 4 members (excludes halogenated alkanes) is 6. The Bertz CT molecular complexity index is 3250. The van der Waals surface area contributed by atoms with E-state index in [9.17, 15) is 9.59 Å². The van der Waals surface area contributed by atoms with E-state index in [0.29, 0.717) is 37.2 Å². The van der Waals surface area contributed by atoms with Gasteiger partial charge in [0, 0.05) is 108 Å². The minimum Gasteiger partial charge on any atom is -0.455 e. The zero-order valence-electron chi connectivity index (χ0n) is 48.4. The number of benzene rings is 5. The van der Waals surface area contributed by atoms with Crippen LogP contribution in [-0.2, 0) is 42.7 Å². The van der Waals surface area contributed by atoms with Gasteiger partial charge in [-0.3, -0.25) is 9.59 Å². The fraction of sp³-hybridized carbons (Fsp3) is 0.433. The normalized spacial score (nSPS) is 15.3. The van der Waals surface area contributed by atoms with Gasteiger partial charge < -0.3 is 30.5 Å². The van der Waals surface area contributed by atoms with Gasteiger partial charge in [-0.05, 0) is 165 Å². The molecule has 10 nitrogen and oxygen atoms in total. The summed E-state index contributed by atoms with van der Waals surface area (Å²) in [6.07, 6.45) is 18.3. The summed E-state index contributed by atoms with van der Waals surface area (Å²) in [6, 6.07) is 26.8. The molecule has 0 aliphatic carbocycles. The lowest BCUT2D eigenvalue weighted by Gasteiger charge is -2.36. The Kier molecular flexibility index (Phi) is 18.9. The highest BCUT2D eigenvalue weighted by atomic mass is 31.0. The maximum absolute atomic E-state index is 15.2. The van der Waals surface area contributed by atoms with Gasteiger partial charge in [0.25, 0.3) is 5.91 Å². The first kappa shape index (κ1) is 58.1. The Labute approximate surface area is 478 Å². The number of alkyl halides is 1. The molecule has 0 bridgehead atoms. The van der Waals surface area contributed by atoms with Crippen LogP contribution >= 0.6 is 9.24 Å². The molecule has 3 N–H and O–H groups in total. The molecule has 2 atom stereocenters. The number of nitrogens with zero attached hydrogens (tertiary/aromatic N) is 4. The number of anilines is 2. The molecule has 0 spiro atoms. The molecule has 4 aliphatic rings. The standard InChI is InChI=1S/C67H84BFN7O3P/c1-8-10-14-21-50-40-58-61(59-42-52-22-17-18-37-75-38-19-24-56(62(52)75)64(59)79-63(58)55(46(50)5)23-11-9-2)57-41-51(29-26-44(57)3)47(6)71-36-39-76(43-48-27-32-53(33-28-48)66(73-74-66)67(68,69)80)65(78)49-30-34-54(35-31-49)72-45(4)20-15-12-13-16-25-60(77)70-7/h26-35,40-42,71-72H,4-6,8-25,36-39,43,68,80H2,1-3,7H3,(H,70,77). The van der Waals surface area contributed by atoms with Crippen molar-refractivity contribution in [3.63, 3.8) is 0 Å². The summed E-state index contributed by atoms with van der Waals surface area (Å²) in [5.41, 5.74) is 16.0. The number of carbonyl (C=O) groups excluding carboxylic acids is 2. The van der Waals surface area contributed by atoms with Gasteiger partial charge in [-0.1, -0.05) is 102 Å². The number of fused-ring (bicyclic) bond motifs is 3.